The van der Waals surface area contributed by atoms with Gasteiger partial charge >= 0.3 is 6.61 Å². The number of aromatic nitrogens is 2. The summed E-state index contributed by atoms with van der Waals surface area (Å²) in [5.41, 5.74) is 5.21. The molecule has 0 bridgehead atoms. The molecule has 1 fully saturated rings. The Morgan fingerprint density at radius 1 is 1.29 bits per heavy atom. The van der Waals surface area contributed by atoms with Crippen LogP contribution in [0.25, 0.3) is 0 Å². The predicted molar refractivity (Wildman–Crippen MR) is 119 cm³/mol. The third-order valence-corrected chi connectivity index (χ3v) is 6.38. The van der Waals surface area contributed by atoms with Crippen molar-refractivity contribution in [3.63, 3.8) is 0 Å². The van der Waals surface area contributed by atoms with Gasteiger partial charge in [0.25, 0.3) is 0 Å². The van der Waals surface area contributed by atoms with Crippen molar-refractivity contribution >= 4 is 12.6 Å². The first-order valence-electron chi connectivity index (χ1n) is 11.0. The van der Waals surface area contributed by atoms with Crippen molar-refractivity contribution in [2.45, 2.75) is 50.9 Å². The zero-order valence-electron chi connectivity index (χ0n) is 18.6. The molecular formula is C24H23F2N5O3. The van der Waals surface area contributed by atoms with Crippen LogP contribution in [0, 0.1) is 0 Å². The van der Waals surface area contributed by atoms with Crippen molar-refractivity contribution in [1.82, 2.24) is 15.0 Å². The number of hydrogen-bond donors (Lipinski definition) is 0. The zero-order chi connectivity index (χ0) is 23.7. The topological polar surface area (TPSA) is 85.3 Å². The maximum Gasteiger partial charge on any atom is 0.387 e. The lowest BCUT2D eigenvalue weighted by atomic mass is 9.81. The van der Waals surface area contributed by atoms with Gasteiger partial charge in [-0.05, 0) is 30.5 Å². The summed E-state index contributed by atoms with van der Waals surface area (Å²) >= 11 is 0. The van der Waals surface area contributed by atoms with Crippen LogP contribution < -0.4 is 4.74 Å². The van der Waals surface area contributed by atoms with E-state index in [4.69, 9.17) is 9.26 Å². The molecule has 0 spiro atoms. The van der Waals surface area contributed by atoms with Crippen LogP contribution in [0.3, 0.4) is 0 Å². The third kappa shape index (κ3) is 4.06. The van der Waals surface area contributed by atoms with Gasteiger partial charge in [0, 0.05) is 18.2 Å². The lowest BCUT2D eigenvalue weighted by molar-refractivity contribution is -0.0498. The highest BCUT2D eigenvalue weighted by molar-refractivity contribution is 5.75. The van der Waals surface area contributed by atoms with E-state index in [9.17, 15) is 8.78 Å². The van der Waals surface area contributed by atoms with E-state index in [1.54, 1.807) is 18.5 Å². The maximum absolute atomic E-state index is 12.4. The average Bonchev–Trinajstić information content (AvgIpc) is 3.59. The molecule has 0 unspecified atom stereocenters. The summed E-state index contributed by atoms with van der Waals surface area (Å²) in [4.78, 5) is 15.2. The minimum Gasteiger partial charge on any atom is -0.435 e. The van der Waals surface area contributed by atoms with Crippen LogP contribution in [0.1, 0.15) is 49.6 Å². The fourth-order valence-corrected chi connectivity index (χ4v) is 4.44. The largest absolute Gasteiger partial charge is 0.435 e. The number of halogens is 2. The minimum absolute atomic E-state index is 0.113. The van der Waals surface area contributed by atoms with Gasteiger partial charge in [-0.3, -0.25) is 0 Å². The van der Waals surface area contributed by atoms with E-state index in [1.165, 1.54) is 12.1 Å². The Bertz CT molecular complexity index is 1210. The van der Waals surface area contributed by atoms with E-state index in [-0.39, 0.29) is 11.9 Å². The number of rotatable bonds is 7. The van der Waals surface area contributed by atoms with Crippen LogP contribution in [0.2, 0.25) is 0 Å². The quantitative estimate of drug-likeness (QED) is 0.550. The van der Waals surface area contributed by atoms with Gasteiger partial charge < -0.3 is 18.9 Å². The normalized spacial score (nSPS) is 23.7. The molecular weight excluding hydrogens is 444 g/mol. The van der Waals surface area contributed by atoms with Crippen LogP contribution in [0.5, 0.6) is 5.75 Å². The van der Waals surface area contributed by atoms with Crippen LogP contribution in [-0.2, 0) is 16.7 Å². The Morgan fingerprint density at radius 2 is 2.12 bits per heavy atom. The summed E-state index contributed by atoms with van der Waals surface area (Å²) < 4.78 is 40.9. The van der Waals surface area contributed by atoms with Crippen LogP contribution in [0.4, 0.5) is 8.78 Å². The number of aliphatic imine (C=N–C) groups is 2. The standard InChI is InChI=1S/C24H23F2N5O3/c1-3-18-17-9-10-27-21(17)28-14-31(18)12-20-29-22(30-34-20)24(4-2)11-19(32-13-24)15-5-7-16(8-6-15)33-23(25)26/h5-8,10,14,19,23H,1,4,9,11-13H2,2H3/t19-,24+/m1/s1. The van der Waals surface area contributed by atoms with Crippen molar-refractivity contribution in [2.75, 3.05) is 6.61 Å². The number of allylic oxidation sites excluding steroid dienone is 1. The smallest absolute Gasteiger partial charge is 0.387 e. The molecule has 1 saturated heterocycles. The summed E-state index contributed by atoms with van der Waals surface area (Å²) in [5.74, 6) is 1.83. The third-order valence-electron chi connectivity index (χ3n) is 6.38. The zero-order valence-corrected chi connectivity index (χ0v) is 18.6. The van der Waals surface area contributed by atoms with Crippen molar-refractivity contribution in [3.8, 4) is 5.75 Å². The molecule has 3 aliphatic rings. The van der Waals surface area contributed by atoms with Crippen molar-refractivity contribution in [1.29, 1.82) is 0 Å². The average molecular weight is 467 g/mol. The maximum atomic E-state index is 12.4. The first-order valence-corrected chi connectivity index (χ1v) is 11.0. The predicted octanol–water partition coefficient (Wildman–Crippen LogP) is 4.68. The Labute approximate surface area is 195 Å². The molecule has 0 N–H and O–H groups in total. The fourth-order valence-electron chi connectivity index (χ4n) is 4.44. The molecule has 176 valence electrons. The van der Waals surface area contributed by atoms with Gasteiger partial charge in [-0.1, -0.05) is 30.8 Å². The van der Waals surface area contributed by atoms with Crippen molar-refractivity contribution < 1.29 is 22.8 Å². The van der Waals surface area contributed by atoms with E-state index in [1.807, 2.05) is 11.1 Å². The highest BCUT2D eigenvalue weighted by Gasteiger charge is 2.44. The second-order valence-corrected chi connectivity index (χ2v) is 8.31. The van der Waals surface area contributed by atoms with E-state index in [2.05, 4.69) is 44.1 Å². The molecule has 4 heterocycles. The number of hydrogen-bond acceptors (Lipinski definition) is 8. The van der Waals surface area contributed by atoms with Crippen LogP contribution >= 0.6 is 0 Å². The Morgan fingerprint density at radius 3 is 2.85 bits per heavy atom. The molecule has 0 amide bonds. The second-order valence-electron chi connectivity index (χ2n) is 8.31. The summed E-state index contributed by atoms with van der Waals surface area (Å²) in [6.45, 7) is 3.77. The molecule has 2 aromatic rings. The Balaban J connectivity index is 1.29. The lowest BCUT2D eigenvalue weighted by Crippen LogP contribution is -2.28. The second kappa shape index (κ2) is 8.96. The summed E-state index contributed by atoms with van der Waals surface area (Å²) in [6.07, 6.45) is 5.36. The minimum atomic E-state index is -2.85. The summed E-state index contributed by atoms with van der Waals surface area (Å²) in [5, 5.41) is 4.28. The summed E-state index contributed by atoms with van der Waals surface area (Å²) in [7, 11) is 0. The number of alkyl halides is 2. The molecule has 5 rings (SSSR count). The SMILES string of the molecule is C=C=C1C2=C(N=CC2)N=CN1Cc1nc([C@]2(CC)CO[C@@H](c3ccc(OC(F)F)cc3)C2)no1. The fraction of sp³-hybridized carbons (Fsp3) is 0.375. The molecule has 2 atom stereocenters. The van der Waals surface area contributed by atoms with Crippen molar-refractivity contribution in [3.05, 3.63) is 70.9 Å². The first-order chi connectivity index (χ1) is 16.5. The van der Waals surface area contributed by atoms with Gasteiger partial charge in [-0.2, -0.15) is 13.8 Å². The van der Waals surface area contributed by atoms with Crippen LogP contribution in [0.15, 0.2) is 68.2 Å². The van der Waals surface area contributed by atoms with Gasteiger partial charge in [0.1, 0.15) is 12.3 Å². The van der Waals surface area contributed by atoms with Gasteiger partial charge in [0.05, 0.1) is 30.2 Å². The molecule has 0 radical (unpaired) electrons. The lowest BCUT2D eigenvalue weighted by Gasteiger charge is -2.23. The molecule has 34 heavy (non-hydrogen) atoms. The van der Waals surface area contributed by atoms with Gasteiger partial charge in [0.2, 0.25) is 5.89 Å². The Hall–Kier alpha value is -3.62. The molecule has 10 heteroatoms. The van der Waals surface area contributed by atoms with Gasteiger partial charge in [-0.25, -0.2) is 9.98 Å². The highest BCUT2D eigenvalue weighted by atomic mass is 19.3. The van der Waals surface area contributed by atoms with E-state index in [0.717, 1.165) is 23.3 Å². The van der Waals surface area contributed by atoms with E-state index < -0.39 is 12.0 Å². The molecule has 1 aromatic carbocycles. The van der Waals surface area contributed by atoms with E-state index in [0.29, 0.717) is 43.5 Å². The number of benzene rings is 1. The number of nitrogens with zero attached hydrogens (tertiary/aromatic N) is 5. The highest BCUT2D eigenvalue weighted by Crippen LogP contribution is 2.44. The monoisotopic (exact) mass is 467 g/mol. The van der Waals surface area contributed by atoms with Gasteiger partial charge in [-0.15, -0.1) is 5.73 Å². The van der Waals surface area contributed by atoms with Crippen molar-refractivity contribution in [2.24, 2.45) is 9.98 Å². The number of ether oxygens (including phenoxy) is 2. The Kier molecular flexibility index (Phi) is 5.85. The molecule has 0 saturated carbocycles. The first kappa shape index (κ1) is 22.2. The van der Waals surface area contributed by atoms with Crippen LogP contribution in [-0.4, -0.2) is 40.8 Å². The molecule has 3 aliphatic heterocycles. The van der Waals surface area contributed by atoms with Gasteiger partial charge in [0.15, 0.2) is 11.6 Å². The molecule has 1 aromatic heterocycles. The van der Waals surface area contributed by atoms with E-state index >= 15 is 0 Å². The molecule has 0 aliphatic carbocycles. The summed E-state index contributed by atoms with van der Waals surface area (Å²) in [6, 6.07) is 6.52. The molecule has 8 nitrogen and oxygen atoms in total.